The number of hydrogen-bond acceptors (Lipinski definition) is 16. The Bertz CT molecular complexity index is 3100. The lowest BCUT2D eigenvalue weighted by Crippen LogP contribution is -2.39. The third-order valence-corrected chi connectivity index (χ3v) is 15.6. The van der Waals surface area contributed by atoms with Gasteiger partial charge in [-0.05, 0) is 185 Å². The van der Waals surface area contributed by atoms with E-state index in [0.717, 1.165) is 161 Å². The molecule has 0 saturated carbocycles. The lowest BCUT2D eigenvalue weighted by molar-refractivity contribution is 0.438. The van der Waals surface area contributed by atoms with Crippen molar-refractivity contribution in [1.82, 2.24) is 19.9 Å². The molecule has 10 rings (SSSR count). The van der Waals surface area contributed by atoms with E-state index in [1.54, 1.807) is 23.5 Å². The standard InChI is InChI=1S/C28H28N6OS.C16H14ClN3OS.C12H15N3/c1-18-13-21(17-30)14-19(2)25(18)35-27-26-24(7-4-12-36-26)32-28(33-27)31-22-8-10-34(11-9-22)23-6-3-5-20(15-23)16-29;1-9-6-11(8-18)7-10(2)13(9)21-15-14-12(4-3-5-22-14)19-16(17)20-15;13-9-10-2-1-3-12(8-10)15-6-4-11(14)5-7-15/h3,5-6,13-15,22H,4,7-12H2,1-2H3,(H,31,32,33);6-7H,3-5H2,1-2H3;1-3,8,11H,4-7,14H2. The molecule has 0 atom stereocenters. The topological polar surface area (TPSA) is 210 Å². The SMILES string of the molecule is Cc1cc(C#N)cc(C)c1Oc1nc(Cl)nc2c1SCCC2.Cc1cc(C#N)cc(C)c1Oc1nc(NC2CCN(c3cccc(C#N)c3)CC2)nc2c1SCCC2.N#Cc1cccc(N2CCC(N)CC2)c1. The van der Waals surface area contributed by atoms with Gasteiger partial charge in [0.15, 0.2) is 0 Å². The van der Waals surface area contributed by atoms with Crippen molar-refractivity contribution in [3.63, 3.8) is 0 Å². The van der Waals surface area contributed by atoms with Crippen LogP contribution in [0.25, 0.3) is 0 Å². The third kappa shape index (κ3) is 13.3. The zero-order valence-electron chi connectivity index (χ0n) is 41.5. The maximum absolute atomic E-state index is 9.28. The van der Waals surface area contributed by atoms with Crippen LogP contribution in [0.4, 0.5) is 17.3 Å². The highest BCUT2D eigenvalue weighted by molar-refractivity contribution is 7.99. The zero-order chi connectivity index (χ0) is 51.4. The van der Waals surface area contributed by atoms with Gasteiger partial charge in [0.1, 0.15) is 11.5 Å². The summed E-state index contributed by atoms with van der Waals surface area (Å²) in [5.74, 6) is 5.24. The van der Waals surface area contributed by atoms with Crippen LogP contribution in [-0.4, -0.2) is 69.7 Å². The molecular formula is C56H57ClN12O2S2. The average molecular weight is 1030 g/mol. The first kappa shape index (κ1) is 52.3. The number of nitriles is 4. The number of anilines is 3. The fraction of sp³-hybridized carbons (Fsp3) is 0.357. The Morgan fingerprint density at radius 1 is 0.589 bits per heavy atom. The van der Waals surface area contributed by atoms with Gasteiger partial charge in [0.2, 0.25) is 23.0 Å². The molecule has 0 aliphatic carbocycles. The van der Waals surface area contributed by atoms with Crippen LogP contribution in [0.15, 0.2) is 82.6 Å². The maximum atomic E-state index is 9.28. The Morgan fingerprint density at radius 2 is 1.03 bits per heavy atom. The predicted octanol–water partition coefficient (Wildman–Crippen LogP) is 11.7. The summed E-state index contributed by atoms with van der Waals surface area (Å²) in [6, 6.07) is 32.2. The van der Waals surface area contributed by atoms with Crippen LogP contribution in [0.3, 0.4) is 0 Å². The van der Waals surface area contributed by atoms with Gasteiger partial charge < -0.3 is 30.3 Å². The fourth-order valence-corrected chi connectivity index (χ4v) is 11.5. The molecule has 2 fully saturated rings. The number of nitrogens with two attached hydrogens (primary N) is 1. The van der Waals surface area contributed by atoms with E-state index in [9.17, 15) is 10.5 Å². The van der Waals surface area contributed by atoms with Crippen molar-refractivity contribution in [3.05, 3.63) is 134 Å². The summed E-state index contributed by atoms with van der Waals surface area (Å²) in [5, 5.41) is 40.1. The van der Waals surface area contributed by atoms with Gasteiger partial charge in [-0.1, -0.05) is 12.1 Å². The van der Waals surface area contributed by atoms with Crippen LogP contribution < -0.4 is 30.3 Å². The summed E-state index contributed by atoms with van der Waals surface area (Å²) in [4.78, 5) is 24.8. The second kappa shape index (κ2) is 24.6. The molecular weight excluding hydrogens is 972 g/mol. The van der Waals surface area contributed by atoms with Gasteiger partial charge in [0.25, 0.3) is 0 Å². The van der Waals surface area contributed by atoms with Crippen molar-refractivity contribution >= 4 is 52.4 Å². The van der Waals surface area contributed by atoms with Crippen LogP contribution in [0.2, 0.25) is 5.28 Å². The van der Waals surface area contributed by atoms with Crippen molar-refractivity contribution in [1.29, 1.82) is 21.0 Å². The zero-order valence-corrected chi connectivity index (χ0v) is 43.9. The molecule has 372 valence electrons. The number of rotatable bonds is 8. The fourth-order valence-electron chi connectivity index (χ4n) is 9.29. The van der Waals surface area contributed by atoms with Crippen molar-refractivity contribution in [2.24, 2.45) is 5.73 Å². The van der Waals surface area contributed by atoms with Crippen LogP contribution in [0.1, 0.15) is 94.4 Å². The van der Waals surface area contributed by atoms with Crippen LogP contribution in [0.5, 0.6) is 23.3 Å². The summed E-state index contributed by atoms with van der Waals surface area (Å²) in [7, 11) is 0. The summed E-state index contributed by atoms with van der Waals surface area (Å²) < 4.78 is 12.5. The van der Waals surface area contributed by atoms with Crippen LogP contribution in [0, 0.1) is 73.0 Å². The van der Waals surface area contributed by atoms with E-state index in [-0.39, 0.29) is 11.3 Å². The van der Waals surface area contributed by atoms with Crippen molar-refractivity contribution in [2.75, 3.05) is 52.8 Å². The smallest absolute Gasteiger partial charge is 0.238 e. The number of nitrogens with zero attached hydrogens (tertiary/aromatic N) is 10. The van der Waals surface area contributed by atoms with E-state index in [1.807, 2.05) is 88.4 Å². The molecule has 14 nitrogen and oxygen atoms in total. The molecule has 3 N–H and O–H groups in total. The highest BCUT2D eigenvalue weighted by Crippen LogP contribution is 2.42. The first-order valence-corrected chi connectivity index (χ1v) is 26.9. The number of ether oxygens (including phenoxy) is 2. The first-order chi connectivity index (χ1) is 35.4. The first-order valence-electron chi connectivity index (χ1n) is 24.6. The van der Waals surface area contributed by atoms with E-state index >= 15 is 0 Å². The molecule has 6 aromatic rings. The number of nitrogens with one attached hydrogen (secondary N) is 1. The molecule has 0 spiro atoms. The average Bonchev–Trinajstić information content (AvgIpc) is 3.41. The molecule has 2 saturated heterocycles. The largest absolute Gasteiger partial charge is 0.437 e. The molecule has 0 unspecified atom stereocenters. The molecule has 0 bridgehead atoms. The molecule has 73 heavy (non-hydrogen) atoms. The second-order valence-corrected chi connectivity index (χ2v) is 21.0. The number of benzene rings is 4. The minimum absolute atomic E-state index is 0.209. The van der Waals surface area contributed by atoms with Gasteiger partial charge in [-0.3, -0.25) is 0 Å². The van der Waals surface area contributed by atoms with Crippen LogP contribution >= 0.6 is 35.1 Å². The van der Waals surface area contributed by atoms with E-state index < -0.39 is 0 Å². The van der Waals surface area contributed by atoms with Crippen molar-refractivity contribution in [3.8, 4) is 47.5 Å². The number of halogens is 1. The highest BCUT2D eigenvalue weighted by Gasteiger charge is 2.26. The Balaban J connectivity index is 0.000000162. The molecule has 17 heteroatoms. The lowest BCUT2D eigenvalue weighted by atomic mass is 10.0. The summed E-state index contributed by atoms with van der Waals surface area (Å²) >= 11 is 9.47. The molecule has 0 radical (unpaired) electrons. The summed E-state index contributed by atoms with van der Waals surface area (Å²) in [6.07, 6.45) is 7.96. The minimum Gasteiger partial charge on any atom is -0.437 e. The Hall–Kier alpha value is -7.05. The van der Waals surface area contributed by atoms with Gasteiger partial charge in [0, 0.05) is 49.6 Å². The number of thioether (sulfide) groups is 2. The number of aromatic nitrogens is 4. The Kier molecular flexibility index (Phi) is 17.6. The van der Waals surface area contributed by atoms with Gasteiger partial charge in [-0.2, -0.15) is 31.0 Å². The molecule has 2 aromatic heterocycles. The quantitative estimate of drug-likeness (QED) is 0.136. The second-order valence-electron chi connectivity index (χ2n) is 18.5. The Labute approximate surface area is 441 Å². The van der Waals surface area contributed by atoms with Gasteiger partial charge in [-0.25, -0.2) is 9.97 Å². The van der Waals surface area contributed by atoms with E-state index in [2.05, 4.69) is 61.5 Å². The minimum atomic E-state index is 0.209. The van der Waals surface area contributed by atoms with Crippen molar-refractivity contribution in [2.45, 2.75) is 101 Å². The van der Waals surface area contributed by atoms with Crippen LogP contribution in [-0.2, 0) is 12.8 Å². The number of aryl methyl sites for hydroxylation is 6. The van der Waals surface area contributed by atoms with E-state index in [1.165, 1.54) is 0 Å². The number of hydrogen-bond donors (Lipinski definition) is 2. The normalized spacial score (nSPS) is 15.3. The number of piperidine rings is 2. The Morgan fingerprint density at radius 3 is 1.49 bits per heavy atom. The third-order valence-electron chi connectivity index (χ3n) is 13.0. The highest BCUT2D eigenvalue weighted by atomic mass is 35.5. The maximum Gasteiger partial charge on any atom is 0.238 e. The predicted molar refractivity (Wildman–Crippen MR) is 289 cm³/mol. The van der Waals surface area contributed by atoms with E-state index in [0.29, 0.717) is 40.4 Å². The monoisotopic (exact) mass is 1030 g/mol. The molecule has 4 aliphatic heterocycles. The van der Waals surface area contributed by atoms with Gasteiger partial charge in [0.05, 0.1) is 67.7 Å². The molecule has 4 aliphatic rings. The van der Waals surface area contributed by atoms with E-state index in [4.69, 9.17) is 47.3 Å². The molecule has 0 amide bonds. The molecule has 4 aromatic carbocycles. The lowest BCUT2D eigenvalue weighted by Gasteiger charge is -2.34. The molecule has 6 heterocycles. The van der Waals surface area contributed by atoms with Gasteiger partial charge in [-0.15, -0.1) is 23.5 Å². The van der Waals surface area contributed by atoms with Gasteiger partial charge >= 0.3 is 0 Å². The summed E-state index contributed by atoms with van der Waals surface area (Å²) in [5.41, 5.74) is 16.4. The summed E-state index contributed by atoms with van der Waals surface area (Å²) in [6.45, 7) is 11.6. The van der Waals surface area contributed by atoms with Crippen molar-refractivity contribution < 1.29 is 9.47 Å². The number of fused-ring (bicyclic) bond motifs is 2.